The highest BCUT2D eigenvalue weighted by Crippen LogP contribution is 2.08. The number of unbranched alkanes of at least 4 members (excludes halogenated alkanes) is 2. The van der Waals surface area contributed by atoms with Crippen molar-refractivity contribution in [3.63, 3.8) is 0 Å². The Hall–Kier alpha value is -2.90. The summed E-state index contributed by atoms with van der Waals surface area (Å²) in [6.07, 6.45) is 3.22. The molecule has 10 heteroatoms. The van der Waals surface area contributed by atoms with E-state index in [1.807, 2.05) is 0 Å². The first-order valence-corrected chi connectivity index (χ1v) is 9.74. The molecule has 0 aromatic heterocycles. The fraction of sp³-hybridized carbons (Fsp3) is 0.353. The zero-order valence-electron chi connectivity index (χ0n) is 14.6. The molecule has 0 saturated heterocycles. The van der Waals surface area contributed by atoms with Gasteiger partial charge >= 0.3 is 5.97 Å². The molecular weight excluding hydrogens is 372 g/mol. The Balaban J connectivity index is 2.42. The SMILES string of the molecule is N#C/C(=C/NCc1ccc(S(N)(=O)=O)cc1)C(=O)NCCCCCC(=O)O. The predicted octanol–water partition coefficient (Wildman–Crippen LogP) is 0.592. The summed E-state index contributed by atoms with van der Waals surface area (Å²) in [6.45, 7) is 0.644. The molecule has 9 nitrogen and oxygen atoms in total. The van der Waals surface area contributed by atoms with Gasteiger partial charge in [-0.2, -0.15) is 5.26 Å². The summed E-state index contributed by atoms with van der Waals surface area (Å²) in [5, 5.41) is 28.0. The Labute approximate surface area is 157 Å². The molecule has 0 radical (unpaired) electrons. The minimum Gasteiger partial charge on any atom is -0.481 e. The van der Waals surface area contributed by atoms with Gasteiger partial charge in [-0.15, -0.1) is 0 Å². The van der Waals surface area contributed by atoms with Gasteiger partial charge in [0.1, 0.15) is 11.6 Å². The maximum atomic E-state index is 11.9. The quantitative estimate of drug-likeness (QED) is 0.242. The van der Waals surface area contributed by atoms with Gasteiger partial charge in [-0.05, 0) is 30.5 Å². The van der Waals surface area contributed by atoms with Crippen LogP contribution in [0.15, 0.2) is 40.9 Å². The smallest absolute Gasteiger partial charge is 0.303 e. The lowest BCUT2D eigenvalue weighted by atomic mass is 10.2. The zero-order chi connectivity index (χ0) is 20.3. The number of primary sulfonamides is 1. The highest BCUT2D eigenvalue weighted by molar-refractivity contribution is 7.89. The highest BCUT2D eigenvalue weighted by Gasteiger charge is 2.08. The third-order valence-electron chi connectivity index (χ3n) is 3.52. The molecule has 1 rings (SSSR count). The number of hydrogen-bond donors (Lipinski definition) is 4. The molecule has 0 unspecified atom stereocenters. The number of nitrogens with zero attached hydrogens (tertiary/aromatic N) is 1. The van der Waals surface area contributed by atoms with Crippen LogP contribution in [0.2, 0.25) is 0 Å². The molecule has 0 atom stereocenters. The van der Waals surface area contributed by atoms with Crippen molar-refractivity contribution in [2.24, 2.45) is 5.14 Å². The van der Waals surface area contributed by atoms with Crippen LogP contribution in [0, 0.1) is 11.3 Å². The van der Waals surface area contributed by atoms with Crippen molar-refractivity contribution in [2.45, 2.75) is 37.1 Å². The molecular formula is C17H22N4O5S. The molecule has 0 aliphatic carbocycles. The van der Waals surface area contributed by atoms with Gasteiger partial charge in [0.2, 0.25) is 10.0 Å². The fourth-order valence-electron chi connectivity index (χ4n) is 2.09. The number of carbonyl (C=O) groups is 2. The number of sulfonamides is 1. The Morgan fingerprint density at radius 2 is 1.85 bits per heavy atom. The Morgan fingerprint density at radius 3 is 2.41 bits per heavy atom. The van der Waals surface area contributed by atoms with E-state index >= 15 is 0 Å². The molecule has 0 heterocycles. The first-order chi connectivity index (χ1) is 12.7. The lowest BCUT2D eigenvalue weighted by Crippen LogP contribution is -2.26. The van der Waals surface area contributed by atoms with E-state index in [0.29, 0.717) is 32.4 Å². The van der Waals surface area contributed by atoms with Crippen LogP contribution in [0.5, 0.6) is 0 Å². The van der Waals surface area contributed by atoms with Crippen LogP contribution < -0.4 is 15.8 Å². The Bertz CT molecular complexity index is 826. The Morgan fingerprint density at radius 1 is 1.19 bits per heavy atom. The van der Waals surface area contributed by atoms with E-state index in [4.69, 9.17) is 15.5 Å². The molecule has 0 bridgehead atoms. The molecule has 0 fully saturated rings. The van der Waals surface area contributed by atoms with Crippen molar-refractivity contribution < 1.29 is 23.1 Å². The molecule has 0 aliphatic heterocycles. The van der Waals surface area contributed by atoms with Crippen molar-refractivity contribution in [3.8, 4) is 6.07 Å². The van der Waals surface area contributed by atoms with Gasteiger partial charge in [-0.25, -0.2) is 13.6 Å². The van der Waals surface area contributed by atoms with Crippen molar-refractivity contribution in [1.29, 1.82) is 5.26 Å². The van der Waals surface area contributed by atoms with Crippen molar-refractivity contribution in [3.05, 3.63) is 41.6 Å². The van der Waals surface area contributed by atoms with Crippen molar-refractivity contribution in [1.82, 2.24) is 10.6 Å². The zero-order valence-corrected chi connectivity index (χ0v) is 15.5. The van der Waals surface area contributed by atoms with Crippen molar-refractivity contribution in [2.75, 3.05) is 6.54 Å². The largest absolute Gasteiger partial charge is 0.481 e. The number of hydrogen-bond acceptors (Lipinski definition) is 6. The second kappa shape index (κ2) is 10.9. The molecule has 0 spiro atoms. The summed E-state index contributed by atoms with van der Waals surface area (Å²) in [4.78, 5) is 22.3. The third kappa shape index (κ3) is 8.84. The molecule has 0 saturated carbocycles. The molecule has 27 heavy (non-hydrogen) atoms. The molecule has 0 aliphatic rings. The van der Waals surface area contributed by atoms with E-state index in [9.17, 15) is 18.0 Å². The average molecular weight is 394 g/mol. The fourth-order valence-corrected chi connectivity index (χ4v) is 2.61. The van der Waals surface area contributed by atoms with Crippen LogP contribution in [0.3, 0.4) is 0 Å². The lowest BCUT2D eigenvalue weighted by Gasteiger charge is -2.06. The maximum Gasteiger partial charge on any atom is 0.303 e. The molecule has 1 aromatic rings. The maximum absolute atomic E-state index is 11.9. The van der Waals surface area contributed by atoms with Crippen LogP contribution in [0.25, 0.3) is 0 Å². The number of nitrogens with one attached hydrogen (secondary N) is 2. The number of carboxylic acids is 1. The van der Waals surface area contributed by atoms with Crippen LogP contribution in [-0.4, -0.2) is 31.9 Å². The lowest BCUT2D eigenvalue weighted by molar-refractivity contribution is -0.137. The predicted molar refractivity (Wildman–Crippen MR) is 97.5 cm³/mol. The number of nitrogens with two attached hydrogens (primary N) is 1. The number of aliphatic carboxylic acids is 1. The topological polar surface area (TPSA) is 162 Å². The number of carboxylic acid groups (broad SMARTS) is 1. The minimum absolute atomic E-state index is 0.00207. The summed E-state index contributed by atoms with van der Waals surface area (Å²) in [6, 6.07) is 7.69. The average Bonchev–Trinajstić information content (AvgIpc) is 2.61. The van der Waals surface area contributed by atoms with Crippen LogP contribution in [-0.2, 0) is 26.2 Å². The number of rotatable bonds is 11. The minimum atomic E-state index is -3.75. The van der Waals surface area contributed by atoms with Crippen LogP contribution in [0.4, 0.5) is 0 Å². The highest BCUT2D eigenvalue weighted by atomic mass is 32.2. The summed E-state index contributed by atoms with van der Waals surface area (Å²) < 4.78 is 22.4. The third-order valence-corrected chi connectivity index (χ3v) is 4.45. The Kier molecular flexibility index (Phi) is 8.98. The van der Waals surface area contributed by atoms with E-state index in [2.05, 4.69) is 10.6 Å². The first-order valence-electron chi connectivity index (χ1n) is 8.19. The summed E-state index contributed by atoms with van der Waals surface area (Å²) in [5.74, 6) is -1.37. The van der Waals surface area contributed by atoms with Crippen LogP contribution in [0.1, 0.15) is 31.2 Å². The van der Waals surface area contributed by atoms with E-state index in [0.717, 1.165) is 5.56 Å². The number of nitriles is 1. The van der Waals surface area contributed by atoms with E-state index < -0.39 is 21.9 Å². The molecule has 1 aromatic carbocycles. The van der Waals surface area contributed by atoms with E-state index in [1.54, 1.807) is 18.2 Å². The standard InChI is InChI=1S/C17H22N4O5S/c18-10-14(17(24)21-9-3-1-2-4-16(22)23)12-20-11-13-5-7-15(8-6-13)27(19,25)26/h5-8,12,20H,1-4,9,11H2,(H,21,24)(H,22,23)(H2,19,25,26)/b14-12-. The molecule has 146 valence electrons. The first kappa shape index (κ1) is 22.1. The molecule has 5 N–H and O–H groups in total. The van der Waals surface area contributed by atoms with Gasteiger partial charge in [0.15, 0.2) is 0 Å². The van der Waals surface area contributed by atoms with Gasteiger partial charge in [0, 0.05) is 25.7 Å². The van der Waals surface area contributed by atoms with Crippen molar-refractivity contribution >= 4 is 21.9 Å². The number of carbonyl (C=O) groups excluding carboxylic acids is 1. The number of benzene rings is 1. The second-order valence-electron chi connectivity index (χ2n) is 5.70. The van der Waals surface area contributed by atoms with E-state index in [-0.39, 0.29) is 16.9 Å². The van der Waals surface area contributed by atoms with Gasteiger partial charge in [-0.3, -0.25) is 9.59 Å². The van der Waals surface area contributed by atoms with Crippen LogP contribution >= 0.6 is 0 Å². The second-order valence-corrected chi connectivity index (χ2v) is 7.26. The summed E-state index contributed by atoms with van der Waals surface area (Å²) >= 11 is 0. The summed E-state index contributed by atoms with van der Waals surface area (Å²) in [5.41, 5.74) is 0.650. The van der Waals surface area contributed by atoms with Gasteiger partial charge < -0.3 is 15.7 Å². The van der Waals surface area contributed by atoms with Gasteiger partial charge in [-0.1, -0.05) is 18.6 Å². The van der Waals surface area contributed by atoms with Gasteiger partial charge in [0.05, 0.1) is 4.90 Å². The number of amides is 1. The van der Waals surface area contributed by atoms with E-state index in [1.165, 1.54) is 18.3 Å². The van der Waals surface area contributed by atoms with Gasteiger partial charge in [0.25, 0.3) is 5.91 Å². The normalized spacial score (nSPS) is 11.5. The summed E-state index contributed by atoms with van der Waals surface area (Å²) in [7, 11) is -3.75. The molecule has 1 amide bonds. The monoisotopic (exact) mass is 394 g/mol.